The number of ketones is 1. The van der Waals surface area contributed by atoms with E-state index in [4.69, 9.17) is 9.47 Å². The van der Waals surface area contributed by atoms with Gasteiger partial charge in [-0.3, -0.25) is 9.59 Å². The summed E-state index contributed by atoms with van der Waals surface area (Å²) in [6, 6.07) is 15.5. The van der Waals surface area contributed by atoms with Crippen molar-refractivity contribution in [2.75, 3.05) is 6.61 Å². The summed E-state index contributed by atoms with van der Waals surface area (Å²) in [7, 11) is 0. The van der Waals surface area contributed by atoms with Gasteiger partial charge in [0.25, 0.3) is 0 Å². The Morgan fingerprint density at radius 1 is 0.727 bits per heavy atom. The molecule has 1 atom stereocenters. The van der Waals surface area contributed by atoms with Gasteiger partial charge in [-0.2, -0.15) is 0 Å². The first-order chi connectivity index (χ1) is 16.0. The Labute approximate surface area is 199 Å². The highest BCUT2D eigenvalue weighted by Gasteiger charge is 2.19. The summed E-state index contributed by atoms with van der Waals surface area (Å²) in [5.41, 5.74) is 2.64. The Balaban J connectivity index is 1.81. The molecular formula is C29H40O4. The molecule has 2 aromatic carbocycles. The van der Waals surface area contributed by atoms with Gasteiger partial charge in [0.2, 0.25) is 5.78 Å². The zero-order valence-corrected chi connectivity index (χ0v) is 20.6. The molecule has 0 aliphatic rings. The first-order valence-electron chi connectivity index (χ1n) is 12.6. The average molecular weight is 453 g/mol. The lowest BCUT2D eigenvalue weighted by atomic mass is 10.0. The molecule has 2 aromatic rings. The van der Waals surface area contributed by atoms with E-state index in [9.17, 15) is 9.59 Å². The van der Waals surface area contributed by atoms with Gasteiger partial charge in [0.15, 0.2) is 6.10 Å². The van der Waals surface area contributed by atoms with Crippen LogP contribution in [0.4, 0.5) is 0 Å². The molecule has 0 heterocycles. The van der Waals surface area contributed by atoms with Crippen molar-refractivity contribution in [1.29, 1.82) is 0 Å². The first-order valence-corrected chi connectivity index (χ1v) is 12.6. The van der Waals surface area contributed by atoms with Crippen molar-refractivity contribution in [3.8, 4) is 16.9 Å². The van der Waals surface area contributed by atoms with E-state index < -0.39 is 6.10 Å². The van der Waals surface area contributed by atoms with Crippen LogP contribution in [0.2, 0.25) is 0 Å². The molecule has 4 heteroatoms. The number of Topliss-reactive ketones (excluding diaryl/α,β-unsaturated/α-hetero) is 1. The number of esters is 1. The second-order valence-electron chi connectivity index (χ2n) is 8.67. The van der Waals surface area contributed by atoms with Crippen LogP contribution in [0, 0.1) is 0 Å². The molecule has 4 nitrogen and oxygen atoms in total. The molecule has 0 fully saturated rings. The lowest BCUT2D eigenvalue weighted by Gasteiger charge is -2.13. The molecule has 0 bridgehead atoms. The molecule has 0 aromatic heterocycles. The van der Waals surface area contributed by atoms with Gasteiger partial charge in [0.1, 0.15) is 5.75 Å². The number of rotatable bonds is 16. The molecule has 0 radical (unpaired) electrons. The van der Waals surface area contributed by atoms with E-state index in [1.54, 1.807) is 19.1 Å². The predicted molar refractivity (Wildman–Crippen MR) is 135 cm³/mol. The maximum atomic E-state index is 12.6. The quantitative estimate of drug-likeness (QED) is 0.148. The number of carbonyl (C=O) groups excluding carboxylic acids is 2. The van der Waals surface area contributed by atoms with E-state index in [1.807, 2.05) is 36.4 Å². The minimum absolute atomic E-state index is 0.177. The van der Waals surface area contributed by atoms with Crippen LogP contribution in [0.1, 0.15) is 95.3 Å². The highest BCUT2D eigenvalue weighted by Crippen LogP contribution is 2.23. The largest absolute Gasteiger partial charge is 0.494 e. The van der Waals surface area contributed by atoms with Crippen molar-refractivity contribution in [2.24, 2.45) is 0 Å². The monoisotopic (exact) mass is 452 g/mol. The normalized spacial score (nSPS) is 11.7. The third-order valence-corrected chi connectivity index (χ3v) is 5.79. The van der Waals surface area contributed by atoms with E-state index in [0.717, 1.165) is 49.2 Å². The smallest absolute Gasteiger partial charge is 0.306 e. The molecule has 33 heavy (non-hydrogen) atoms. The molecule has 180 valence electrons. The summed E-state index contributed by atoms with van der Waals surface area (Å²) in [6.45, 7) is 6.71. The number of hydrogen-bond acceptors (Lipinski definition) is 4. The molecule has 0 amide bonds. The average Bonchev–Trinajstić information content (AvgIpc) is 2.83. The van der Waals surface area contributed by atoms with Crippen LogP contribution in [-0.2, 0) is 9.53 Å². The lowest BCUT2D eigenvalue weighted by molar-refractivity contribution is -0.146. The number of unbranched alkanes of at least 4 members (excludes halogenated alkanes) is 7. The molecule has 1 unspecified atom stereocenters. The Morgan fingerprint density at radius 3 is 1.91 bits per heavy atom. The third kappa shape index (κ3) is 9.81. The zero-order valence-electron chi connectivity index (χ0n) is 20.6. The standard InChI is InChI=1S/C29H40O4/c1-4-6-8-9-10-12-22-32-27-20-18-25(19-21-27)24-14-16-26(17-15-24)29(31)23(3)33-28(30)13-11-7-5-2/h14-21,23H,4-13,22H2,1-3H3. The van der Waals surface area contributed by atoms with Crippen molar-refractivity contribution in [1.82, 2.24) is 0 Å². The van der Waals surface area contributed by atoms with E-state index >= 15 is 0 Å². The zero-order chi connectivity index (χ0) is 23.9. The minimum Gasteiger partial charge on any atom is -0.494 e. The van der Waals surface area contributed by atoms with Crippen molar-refractivity contribution in [3.05, 3.63) is 54.1 Å². The van der Waals surface area contributed by atoms with Gasteiger partial charge in [-0.05, 0) is 43.0 Å². The summed E-state index contributed by atoms with van der Waals surface area (Å²) in [4.78, 5) is 24.5. The van der Waals surface area contributed by atoms with Gasteiger partial charge in [-0.25, -0.2) is 0 Å². The highest BCUT2D eigenvalue weighted by atomic mass is 16.5. The number of benzene rings is 2. The summed E-state index contributed by atoms with van der Waals surface area (Å²) < 4.78 is 11.2. The van der Waals surface area contributed by atoms with Gasteiger partial charge in [0, 0.05) is 12.0 Å². The molecule has 0 saturated carbocycles. The molecule has 0 saturated heterocycles. The van der Waals surface area contributed by atoms with Crippen molar-refractivity contribution >= 4 is 11.8 Å². The molecule has 0 aliphatic carbocycles. The van der Waals surface area contributed by atoms with Crippen LogP contribution in [0.5, 0.6) is 5.75 Å². The second-order valence-corrected chi connectivity index (χ2v) is 8.67. The van der Waals surface area contributed by atoms with E-state index in [2.05, 4.69) is 13.8 Å². The molecule has 0 N–H and O–H groups in total. The number of ether oxygens (including phenoxy) is 2. The van der Waals surface area contributed by atoms with Gasteiger partial charge >= 0.3 is 5.97 Å². The van der Waals surface area contributed by atoms with E-state index in [1.165, 1.54) is 32.1 Å². The molecule has 0 spiro atoms. The van der Waals surface area contributed by atoms with Crippen molar-refractivity contribution in [3.63, 3.8) is 0 Å². The molecule has 2 rings (SSSR count). The first kappa shape index (κ1) is 26.6. The fourth-order valence-electron chi connectivity index (χ4n) is 3.71. The Morgan fingerprint density at radius 2 is 1.27 bits per heavy atom. The van der Waals surface area contributed by atoms with Gasteiger partial charge in [0.05, 0.1) is 6.61 Å². The summed E-state index contributed by atoms with van der Waals surface area (Å²) in [6.07, 6.45) is 9.94. The summed E-state index contributed by atoms with van der Waals surface area (Å²) in [5, 5.41) is 0. The van der Waals surface area contributed by atoms with E-state index in [0.29, 0.717) is 12.0 Å². The molecule has 0 aliphatic heterocycles. The van der Waals surface area contributed by atoms with Crippen molar-refractivity contribution < 1.29 is 19.1 Å². The van der Waals surface area contributed by atoms with Gasteiger partial charge in [-0.1, -0.05) is 95.2 Å². The van der Waals surface area contributed by atoms with Gasteiger partial charge in [-0.15, -0.1) is 0 Å². The minimum atomic E-state index is -0.770. The van der Waals surface area contributed by atoms with Crippen LogP contribution < -0.4 is 4.74 Å². The third-order valence-electron chi connectivity index (χ3n) is 5.79. The SMILES string of the molecule is CCCCCCCCOc1ccc(-c2ccc(C(=O)C(C)OC(=O)CCCCC)cc2)cc1. The Hall–Kier alpha value is -2.62. The molecular weight excluding hydrogens is 412 g/mol. The Bertz CT molecular complexity index is 824. The van der Waals surface area contributed by atoms with Crippen LogP contribution >= 0.6 is 0 Å². The number of carbonyl (C=O) groups is 2. The van der Waals surface area contributed by atoms with Crippen LogP contribution in [0.3, 0.4) is 0 Å². The predicted octanol–water partition coefficient (Wildman–Crippen LogP) is 7.79. The van der Waals surface area contributed by atoms with Crippen molar-refractivity contribution in [2.45, 2.75) is 91.1 Å². The van der Waals surface area contributed by atoms with E-state index in [-0.39, 0.29) is 11.8 Å². The fraction of sp³-hybridized carbons (Fsp3) is 0.517. The van der Waals surface area contributed by atoms with Gasteiger partial charge < -0.3 is 9.47 Å². The maximum absolute atomic E-state index is 12.6. The fourth-order valence-corrected chi connectivity index (χ4v) is 3.71. The maximum Gasteiger partial charge on any atom is 0.306 e. The second kappa shape index (κ2) is 15.3. The number of hydrogen-bond donors (Lipinski definition) is 0. The topological polar surface area (TPSA) is 52.6 Å². The van der Waals surface area contributed by atoms with Crippen LogP contribution in [-0.4, -0.2) is 24.5 Å². The highest BCUT2D eigenvalue weighted by molar-refractivity contribution is 6.00. The van der Waals surface area contributed by atoms with Crippen LogP contribution in [0.15, 0.2) is 48.5 Å². The summed E-state index contributed by atoms with van der Waals surface area (Å²) >= 11 is 0. The van der Waals surface area contributed by atoms with Crippen LogP contribution in [0.25, 0.3) is 11.1 Å². The Kier molecular flexibility index (Phi) is 12.3. The lowest BCUT2D eigenvalue weighted by Crippen LogP contribution is -2.24. The summed E-state index contributed by atoms with van der Waals surface area (Å²) in [5.74, 6) is 0.400.